The lowest BCUT2D eigenvalue weighted by molar-refractivity contribution is 0.0688. The van der Waals surface area contributed by atoms with E-state index in [4.69, 9.17) is 0 Å². The minimum absolute atomic E-state index is 0.225. The van der Waals surface area contributed by atoms with Gasteiger partial charge >= 0.3 is 5.97 Å². The number of rotatable bonds is 3. The molecule has 0 atom stereocenters. The summed E-state index contributed by atoms with van der Waals surface area (Å²) in [6.45, 7) is 0. The number of aromatic carboxylic acids is 1. The first kappa shape index (κ1) is 14.2. The number of carboxylic acid groups (broad SMARTS) is 1. The van der Waals surface area contributed by atoms with Gasteiger partial charge in [0.15, 0.2) is 5.69 Å². The zero-order chi connectivity index (χ0) is 14.8. The molecule has 2 aromatic rings. The number of aromatic nitrogens is 2. The number of hydrogen-bond donors (Lipinski definition) is 1. The highest BCUT2D eigenvalue weighted by Crippen LogP contribution is 2.30. The van der Waals surface area contributed by atoms with Gasteiger partial charge in [-0.05, 0) is 44.1 Å². The van der Waals surface area contributed by atoms with Crippen molar-refractivity contribution in [2.75, 3.05) is 6.26 Å². The molecule has 0 radical (unpaired) electrons. The normalized spacial score (nSPS) is 14.5. The van der Waals surface area contributed by atoms with Gasteiger partial charge in [-0.25, -0.2) is 9.48 Å². The topological polar surface area (TPSA) is 55.1 Å². The van der Waals surface area contributed by atoms with Gasteiger partial charge in [-0.2, -0.15) is 5.10 Å². The molecule has 4 nitrogen and oxygen atoms in total. The molecule has 0 saturated heterocycles. The standard InChI is InChI=1S/C16H18N2O2S/c1-21-14-10-6-5-9-13(14)18-12-8-4-2-3-7-11(12)15(17-18)16(19)20/h5-6,9-10H,2-4,7-8H2,1H3,(H,19,20). The molecule has 1 aromatic heterocycles. The maximum absolute atomic E-state index is 11.5. The molecule has 0 bridgehead atoms. The Labute approximate surface area is 128 Å². The van der Waals surface area contributed by atoms with Crippen LogP contribution >= 0.6 is 11.8 Å². The fourth-order valence-corrected chi connectivity index (χ4v) is 3.53. The Morgan fingerprint density at radius 1 is 1.24 bits per heavy atom. The van der Waals surface area contributed by atoms with Crippen LogP contribution in [0.1, 0.15) is 41.0 Å². The average molecular weight is 302 g/mol. The maximum Gasteiger partial charge on any atom is 0.356 e. The van der Waals surface area contributed by atoms with E-state index in [-0.39, 0.29) is 5.69 Å². The summed E-state index contributed by atoms with van der Waals surface area (Å²) in [5.41, 5.74) is 3.21. The Balaban J connectivity index is 2.21. The van der Waals surface area contributed by atoms with Crippen LogP contribution in [0.5, 0.6) is 0 Å². The lowest BCUT2D eigenvalue weighted by atomic mass is 10.1. The molecule has 0 saturated carbocycles. The molecular weight excluding hydrogens is 284 g/mol. The fourth-order valence-electron chi connectivity index (χ4n) is 2.95. The number of hydrogen-bond acceptors (Lipinski definition) is 3. The van der Waals surface area contributed by atoms with Gasteiger partial charge in [-0.1, -0.05) is 18.6 Å². The molecule has 1 N–H and O–H groups in total. The molecule has 0 unspecified atom stereocenters. The van der Waals surface area contributed by atoms with Crippen LogP contribution in [0.25, 0.3) is 5.69 Å². The van der Waals surface area contributed by atoms with Gasteiger partial charge in [-0.3, -0.25) is 0 Å². The first-order valence-electron chi connectivity index (χ1n) is 7.20. The SMILES string of the molecule is CSc1ccccc1-n1nc(C(=O)O)c2c1CCCCC2. The summed E-state index contributed by atoms with van der Waals surface area (Å²) in [4.78, 5) is 12.6. The molecule has 1 aliphatic carbocycles. The summed E-state index contributed by atoms with van der Waals surface area (Å²) in [5.74, 6) is -0.923. The molecule has 0 spiro atoms. The first-order chi connectivity index (χ1) is 10.2. The highest BCUT2D eigenvalue weighted by Gasteiger charge is 2.24. The third-order valence-electron chi connectivity index (χ3n) is 3.95. The molecule has 110 valence electrons. The van der Waals surface area contributed by atoms with E-state index in [9.17, 15) is 9.90 Å². The molecule has 0 aliphatic heterocycles. The van der Waals surface area contributed by atoms with Crippen LogP contribution in [0.2, 0.25) is 0 Å². The predicted octanol–water partition coefficient (Wildman–Crippen LogP) is 3.56. The van der Waals surface area contributed by atoms with Crippen molar-refractivity contribution >= 4 is 17.7 Å². The van der Waals surface area contributed by atoms with Gasteiger partial charge in [0.2, 0.25) is 0 Å². The minimum atomic E-state index is -0.923. The third-order valence-corrected chi connectivity index (χ3v) is 4.73. The van der Waals surface area contributed by atoms with Crippen molar-refractivity contribution in [3.8, 4) is 5.69 Å². The Kier molecular flexibility index (Phi) is 4.01. The number of carboxylic acids is 1. The summed E-state index contributed by atoms with van der Waals surface area (Å²) in [7, 11) is 0. The molecule has 3 rings (SSSR count). The van der Waals surface area contributed by atoms with Crippen LogP contribution in [-0.4, -0.2) is 27.1 Å². The van der Waals surface area contributed by atoms with Crippen molar-refractivity contribution < 1.29 is 9.90 Å². The lowest BCUT2D eigenvalue weighted by Gasteiger charge is -2.11. The van der Waals surface area contributed by atoms with Gasteiger partial charge in [0.1, 0.15) is 0 Å². The summed E-state index contributed by atoms with van der Waals surface area (Å²) in [5, 5.41) is 13.9. The van der Waals surface area contributed by atoms with Crippen molar-refractivity contribution in [2.45, 2.75) is 37.0 Å². The second-order valence-corrected chi connectivity index (χ2v) is 6.07. The first-order valence-corrected chi connectivity index (χ1v) is 8.42. The number of carbonyl (C=O) groups is 1. The zero-order valence-electron chi connectivity index (χ0n) is 12.0. The predicted molar refractivity (Wildman–Crippen MR) is 83.6 cm³/mol. The third kappa shape index (κ3) is 2.58. The Morgan fingerprint density at radius 3 is 2.76 bits per heavy atom. The summed E-state index contributed by atoms with van der Waals surface area (Å²) in [6.07, 6.45) is 7.04. The monoisotopic (exact) mass is 302 g/mol. The van der Waals surface area contributed by atoms with E-state index in [0.717, 1.165) is 53.9 Å². The number of para-hydroxylation sites is 1. The Morgan fingerprint density at radius 2 is 2.00 bits per heavy atom. The van der Waals surface area contributed by atoms with Crippen molar-refractivity contribution in [3.63, 3.8) is 0 Å². The Hall–Kier alpha value is -1.75. The highest BCUT2D eigenvalue weighted by atomic mass is 32.2. The quantitative estimate of drug-likeness (QED) is 0.696. The number of benzene rings is 1. The molecule has 5 heteroatoms. The smallest absolute Gasteiger partial charge is 0.356 e. The van der Waals surface area contributed by atoms with Gasteiger partial charge in [-0.15, -0.1) is 11.8 Å². The van der Waals surface area contributed by atoms with Gasteiger partial charge in [0.05, 0.1) is 5.69 Å². The second-order valence-electron chi connectivity index (χ2n) is 5.22. The van der Waals surface area contributed by atoms with E-state index < -0.39 is 5.97 Å². The molecule has 1 aliphatic rings. The maximum atomic E-state index is 11.5. The van der Waals surface area contributed by atoms with Crippen LogP contribution in [0.3, 0.4) is 0 Å². The van der Waals surface area contributed by atoms with Crippen molar-refractivity contribution in [2.24, 2.45) is 0 Å². The van der Waals surface area contributed by atoms with Crippen LogP contribution in [0.4, 0.5) is 0 Å². The van der Waals surface area contributed by atoms with Crippen molar-refractivity contribution in [3.05, 3.63) is 41.2 Å². The molecular formula is C16H18N2O2S. The van der Waals surface area contributed by atoms with E-state index in [2.05, 4.69) is 5.10 Å². The van der Waals surface area contributed by atoms with Crippen LogP contribution < -0.4 is 0 Å². The zero-order valence-corrected chi connectivity index (χ0v) is 12.8. The van der Waals surface area contributed by atoms with Crippen LogP contribution in [0.15, 0.2) is 29.2 Å². The van der Waals surface area contributed by atoms with E-state index in [1.807, 2.05) is 35.2 Å². The lowest BCUT2D eigenvalue weighted by Crippen LogP contribution is -2.05. The van der Waals surface area contributed by atoms with E-state index in [0.29, 0.717) is 0 Å². The number of thioether (sulfide) groups is 1. The van der Waals surface area contributed by atoms with Gasteiger partial charge in [0.25, 0.3) is 0 Å². The van der Waals surface area contributed by atoms with Crippen LogP contribution in [-0.2, 0) is 12.8 Å². The van der Waals surface area contributed by atoms with Crippen LogP contribution in [0, 0.1) is 0 Å². The molecule has 0 fully saturated rings. The largest absolute Gasteiger partial charge is 0.476 e. The summed E-state index contributed by atoms with van der Waals surface area (Å²) >= 11 is 1.66. The molecule has 0 amide bonds. The summed E-state index contributed by atoms with van der Waals surface area (Å²) < 4.78 is 1.86. The highest BCUT2D eigenvalue weighted by molar-refractivity contribution is 7.98. The van der Waals surface area contributed by atoms with Gasteiger partial charge in [0, 0.05) is 16.2 Å². The fraction of sp³-hybridized carbons (Fsp3) is 0.375. The van der Waals surface area contributed by atoms with Crippen molar-refractivity contribution in [1.29, 1.82) is 0 Å². The minimum Gasteiger partial charge on any atom is -0.476 e. The molecule has 1 aromatic carbocycles. The molecule has 21 heavy (non-hydrogen) atoms. The number of fused-ring (bicyclic) bond motifs is 1. The Bertz CT molecular complexity index is 679. The van der Waals surface area contributed by atoms with E-state index in [1.165, 1.54) is 0 Å². The van der Waals surface area contributed by atoms with E-state index >= 15 is 0 Å². The van der Waals surface area contributed by atoms with E-state index in [1.54, 1.807) is 11.8 Å². The second kappa shape index (κ2) is 5.93. The van der Waals surface area contributed by atoms with Gasteiger partial charge < -0.3 is 5.11 Å². The van der Waals surface area contributed by atoms with Crippen molar-refractivity contribution in [1.82, 2.24) is 9.78 Å². The number of nitrogens with zero attached hydrogens (tertiary/aromatic N) is 2. The summed E-state index contributed by atoms with van der Waals surface area (Å²) in [6, 6.07) is 8.02. The average Bonchev–Trinajstić information content (AvgIpc) is 2.69. The molecule has 1 heterocycles.